The summed E-state index contributed by atoms with van der Waals surface area (Å²) in [7, 11) is 0. The standard InChI is InChI=1S/C24H15BrN2O3/c25-17-8-5-16(6-9-17)21-12-10-18(29-21)14-26-27-24(28)23-13-20-19-4-2-1-3-15(19)7-11-22(20)30-23/h1-14H,(H,27,28)/b26-14-. The Bertz CT molecular complexity index is 1400. The summed E-state index contributed by atoms with van der Waals surface area (Å²) >= 11 is 3.41. The maximum absolute atomic E-state index is 12.4. The number of carbonyl (C=O) groups is 1. The Labute approximate surface area is 180 Å². The third-order valence-electron chi connectivity index (χ3n) is 4.76. The average Bonchev–Trinajstić information content (AvgIpc) is 3.41. The van der Waals surface area contributed by atoms with Crippen LogP contribution in [0.5, 0.6) is 0 Å². The van der Waals surface area contributed by atoms with Gasteiger partial charge in [0.05, 0.1) is 6.21 Å². The van der Waals surface area contributed by atoms with Crippen molar-refractivity contribution in [3.05, 3.63) is 94.9 Å². The highest BCUT2D eigenvalue weighted by atomic mass is 79.9. The topological polar surface area (TPSA) is 67.7 Å². The molecular weight excluding hydrogens is 444 g/mol. The van der Waals surface area contributed by atoms with Gasteiger partial charge >= 0.3 is 5.91 Å². The first kappa shape index (κ1) is 18.4. The molecule has 1 N–H and O–H groups in total. The number of hydrazone groups is 1. The molecule has 3 aromatic carbocycles. The van der Waals surface area contributed by atoms with Crippen LogP contribution in [-0.4, -0.2) is 12.1 Å². The summed E-state index contributed by atoms with van der Waals surface area (Å²) in [4.78, 5) is 12.4. The number of nitrogens with one attached hydrogen (secondary N) is 1. The fourth-order valence-electron chi connectivity index (χ4n) is 3.31. The lowest BCUT2D eigenvalue weighted by Crippen LogP contribution is -2.16. The number of carbonyl (C=O) groups excluding carboxylic acids is 1. The van der Waals surface area contributed by atoms with Gasteiger partial charge in [-0.25, -0.2) is 5.43 Å². The van der Waals surface area contributed by atoms with Crippen LogP contribution in [0, 0.1) is 0 Å². The van der Waals surface area contributed by atoms with E-state index in [1.54, 1.807) is 12.1 Å². The molecule has 1 amide bonds. The molecule has 0 saturated carbocycles. The van der Waals surface area contributed by atoms with Crippen molar-refractivity contribution < 1.29 is 13.6 Å². The van der Waals surface area contributed by atoms with Crippen LogP contribution >= 0.6 is 15.9 Å². The lowest BCUT2D eigenvalue weighted by molar-refractivity contribution is 0.0929. The van der Waals surface area contributed by atoms with Gasteiger partial charge in [-0.05, 0) is 47.2 Å². The van der Waals surface area contributed by atoms with Gasteiger partial charge in [0.25, 0.3) is 0 Å². The number of fused-ring (bicyclic) bond motifs is 3. The maximum Gasteiger partial charge on any atom is 0.307 e. The van der Waals surface area contributed by atoms with Crippen molar-refractivity contribution >= 4 is 49.8 Å². The van der Waals surface area contributed by atoms with E-state index in [2.05, 4.69) is 26.5 Å². The zero-order valence-electron chi connectivity index (χ0n) is 15.6. The Balaban J connectivity index is 1.32. The molecule has 0 atom stereocenters. The van der Waals surface area contributed by atoms with E-state index in [4.69, 9.17) is 8.83 Å². The van der Waals surface area contributed by atoms with Gasteiger partial charge in [-0.1, -0.05) is 58.4 Å². The second-order valence-corrected chi connectivity index (χ2v) is 7.63. The molecule has 0 aliphatic heterocycles. The molecule has 5 nitrogen and oxygen atoms in total. The molecule has 146 valence electrons. The molecule has 0 fully saturated rings. The lowest BCUT2D eigenvalue weighted by atomic mass is 10.1. The number of rotatable bonds is 4. The molecule has 0 unspecified atom stereocenters. The van der Waals surface area contributed by atoms with Crippen molar-refractivity contribution in [2.24, 2.45) is 5.10 Å². The predicted octanol–water partition coefficient (Wildman–Crippen LogP) is 6.37. The monoisotopic (exact) mass is 458 g/mol. The first-order valence-corrected chi connectivity index (χ1v) is 10.1. The highest BCUT2D eigenvalue weighted by molar-refractivity contribution is 9.10. The van der Waals surface area contributed by atoms with Crippen LogP contribution < -0.4 is 5.43 Å². The summed E-state index contributed by atoms with van der Waals surface area (Å²) in [6.07, 6.45) is 1.46. The van der Waals surface area contributed by atoms with Gasteiger partial charge in [0.15, 0.2) is 5.76 Å². The van der Waals surface area contributed by atoms with E-state index in [9.17, 15) is 4.79 Å². The molecule has 30 heavy (non-hydrogen) atoms. The highest BCUT2D eigenvalue weighted by Gasteiger charge is 2.13. The van der Waals surface area contributed by atoms with E-state index in [0.29, 0.717) is 11.3 Å². The van der Waals surface area contributed by atoms with Gasteiger partial charge < -0.3 is 8.83 Å². The van der Waals surface area contributed by atoms with Crippen molar-refractivity contribution in [2.45, 2.75) is 0 Å². The van der Waals surface area contributed by atoms with Crippen LogP contribution in [0.1, 0.15) is 16.3 Å². The summed E-state index contributed by atoms with van der Waals surface area (Å²) in [6, 6.07) is 25.0. The van der Waals surface area contributed by atoms with Crippen LogP contribution in [-0.2, 0) is 0 Å². The summed E-state index contributed by atoms with van der Waals surface area (Å²) in [5, 5.41) is 7.01. The normalized spacial score (nSPS) is 11.5. The molecule has 6 heteroatoms. The molecule has 2 aromatic heterocycles. The van der Waals surface area contributed by atoms with Crippen molar-refractivity contribution in [3.63, 3.8) is 0 Å². The Morgan fingerprint density at radius 3 is 2.60 bits per heavy atom. The van der Waals surface area contributed by atoms with E-state index < -0.39 is 5.91 Å². The largest absolute Gasteiger partial charge is 0.455 e. The van der Waals surface area contributed by atoms with Gasteiger partial charge in [0.2, 0.25) is 0 Å². The molecule has 5 rings (SSSR count). The van der Waals surface area contributed by atoms with Gasteiger partial charge in [0, 0.05) is 15.4 Å². The highest BCUT2D eigenvalue weighted by Crippen LogP contribution is 2.28. The SMILES string of the molecule is O=C(N/N=C\c1ccc(-c2ccc(Br)cc2)o1)c1cc2c(ccc3ccccc32)o1. The maximum atomic E-state index is 12.4. The molecular formula is C24H15BrN2O3. The van der Waals surface area contributed by atoms with Crippen LogP contribution in [0.4, 0.5) is 0 Å². The number of furan rings is 2. The van der Waals surface area contributed by atoms with E-state index in [1.807, 2.05) is 66.7 Å². The Kier molecular flexibility index (Phi) is 4.69. The number of benzene rings is 3. The molecule has 0 aliphatic carbocycles. The molecule has 0 bridgehead atoms. The van der Waals surface area contributed by atoms with Crippen molar-refractivity contribution in [2.75, 3.05) is 0 Å². The molecule has 0 saturated heterocycles. The van der Waals surface area contributed by atoms with E-state index in [-0.39, 0.29) is 5.76 Å². The fraction of sp³-hybridized carbons (Fsp3) is 0. The minimum Gasteiger partial charge on any atom is -0.455 e. The zero-order valence-corrected chi connectivity index (χ0v) is 17.2. The summed E-state index contributed by atoms with van der Waals surface area (Å²) in [5.74, 6) is 1.03. The third kappa shape index (κ3) is 3.53. The van der Waals surface area contributed by atoms with E-state index >= 15 is 0 Å². The Hall–Kier alpha value is -3.64. The molecule has 0 radical (unpaired) electrons. The minimum atomic E-state index is -0.425. The lowest BCUT2D eigenvalue weighted by Gasteiger charge is -1.96. The molecule has 2 heterocycles. The summed E-state index contributed by atoms with van der Waals surface area (Å²) < 4.78 is 12.5. The fourth-order valence-corrected chi connectivity index (χ4v) is 3.57. The van der Waals surface area contributed by atoms with Gasteiger partial charge in [-0.2, -0.15) is 5.10 Å². The van der Waals surface area contributed by atoms with E-state index in [1.165, 1.54) is 6.21 Å². The van der Waals surface area contributed by atoms with Crippen LogP contribution in [0.2, 0.25) is 0 Å². The van der Waals surface area contributed by atoms with Gasteiger partial charge in [-0.15, -0.1) is 0 Å². The average molecular weight is 459 g/mol. The predicted molar refractivity (Wildman–Crippen MR) is 121 cm³/mol. The van der Waals surface area contributed by atoms with Crippen molar-refractivity contribution in [1.82, 2.24) is 5.43 Å². The smallest absolute Gasteiger partial charge is 0.307 e. The molecule has 0 spiro atoms. The van der Waals surface area contributed by atoms with Crippen LogP contribution in [0.15, 0.2) is 97.3 Å². The molecule has 0 aliphatic rings. The number of amides is 1. The zero-order chi connectivity index (χ0) is 20.5. The number of hydrogen-bond acceptors (Lipinski definition) is 4. The molecule has 5 aromatic rings. The number of hydrogen-bond donors (Lipinski definition) is 1. The third-order valence-corrected chi connectivity index (χ3v) is 5.29. The van der Waals surface area contributed by atoms with Crippen molar-refractivity contribution in [1.29, 1.82) is 0 Å². The second-order valence-electron chi connectivity index (χ2n) is 6.72. The summed E-state index contributed by atoms with van der Waals surface area (Å²) in [6.45, 7) is 0. The van der Waals surface area contributed by atoms with Gasteiger partial charge in [-0.3, -0.25) is 4.79 Å². The van der Waals surface area contributed by atoms with Crippen molar-refractivity contribution in [3.8, 4) is 11.3 Å². The minimum absolute atomic E-state index is 0.202. The first-order chi connectivity index (χ1) is 14.7. The Morgan fingerprint density at radius 2 is 1.73 bits per heavy atom. The number of halogens is 1. The van der Waals surface area contributed by atoms with Crippen LogP contribution in [0.3, 0.4) is 0 Å². The van der Waals surface area contributed by atoms with Gasteiger partial charge in [0.1, 0.15) is 17.1 Å². The Morgan fingerprint density at radius 1 is 0.900 bits per heavy atom. The second kappa shape index (κ2) is 7.65. The van der Waals surface area contributed by atoms with E-state index in [0.717, 1.165) is 32.0 Å². The number of nitrogens with zero attached hydrogens (tertiary/aromatic N) is 1. The quantitative estimate of drug-likeness (QED) is 0.251. The van der Waals surface area contributed by atoms with Crippen LogP contribution in [0.25, 0.3) is 33.1 Å². The summed E-state index contributed by atoms with van der Waals surface area (Å²) in [5.41, 5.74) is 4.10. The first-order valence-electron chi connectivity index (χ1n) is 9.28.